The van der Waals surface area contributed by atoms with Crippen molar-refractivity contribution in [1.82, 2.24) is 10.2 Å². The molecular formula is C12H20N2O5. The number of amides is 2. The molecule has 0 bridgehead atoms. The minimum atomic E-state index is -1.46. The van der Waals surface area contributed by atoms with Crippen LogP contribution < -0.4 is 5.32 Å². The Morgan fingerprint density at radius 3 is 2.16 bits per heavy atom. The molecule has 19 heavy (non-hydrogen) atoms. The normalized spacial score (nSPS) is 12.4. The average molecular weight is 272 g/mol. The topological polar surface area (TPSA) is 107 Å². The van der Waals surface area contributed by atoms with E-state index in [1.165, 1.54) is 11.0 Å². The van der Waals surface area contributed by atoms with Gasteiger partial charge in [-0.2, -0.15) is 0 Å². The molecule has 3 N–H and O–H groups in total. The van der Waals surface area contributed by atoms with Crippen LogP contribution in [0.25, 0.3) is 0 Å². The highest BCUT2D eigenvalue weighted by Gasteiger charge is 2.30. The third-order valence-electron chi connectivity index (χ3n) is 2.34. The second-order valence-electron chi connectivity index (χ2n) is 5.01. The predicted molar refractivity (Wildman–Crippen MR) is 68.9 cm³/mol. The summed E-state index contributed by atoms with van der Waals surface area (Å²) < 4.78 is 0. The largest absolute Gasteiger partial charge is 0.481 e. The van der Waals surface area contributed by atoms with Crippen molar-refractivity contribution in [1.29, 1.82) is 0 Å². The first kappa shape index (κ1) is 16.9. The Morgan fingerprint density at radius 1 is 1.32 bits per heavy atom. The lowest BCUT2D eigenvalue weighted by Gasteiger charge is -2.35. The molecule has 0 heterocycles. The van der Waals surface area contributed by atoms with Crippen LogP contribution in [0.5, 0.6) is 0 Å². The first-order valence-corrected chi connectivity index (χ1v) is 5.73. The SMILES string of the molecule is C=CCN(C(=O)N[C@@H](CC(=O)O)C(=O)O)C(C)(C)C. The zero-order valence-electron chi connectivity index (χ0n) is 11.3. The van der Waals surface area contributed by atoms with Gasteiger partial charge in [0.1, 0.15) is 6.04 Å². The average Bonchev–Trinajstić information content (AvgIpc) is 2.22. The van der Waals surface area contributed by atoms with Gasteiger partial charge >= 0.3 is 18.0 Å². The molecule has 0 fully saturated rings. The maximum Gasteiger partial charge on any atom is 0.326 e. The van der Waals surface area contributed by atoms with Crippen molar-refractivity contribution in [2.45, 2.75) is 38.8 Å². The molecule has 1 atom stereocenters. The van der Waals surface area contributed by atoms with Gasteiger partial charge in [-0.25, -0.2) is 9.59 Å². The van der Waals surface area contributed by atoms with Crippen molar-refractivity contribution in [3.63, 3.8) is 0 Å². The van der Waals surface area contributed by atoms with Crippen LogP contribution in [0.4, 0.5) is 4.79 Å². The zero-order chi connectivity index (χ0) is 15.2. The lowest BCUT2D eigenvalue weighted by Crippen LogP contribution is -2.54. The van der Waals surface area contributed by atoms with E-state index in [-0.39, 0.29) is 6.54 Å². The first-order valence-electron chi connectivity index (χ1n) is 5.73. The van der Waals surface area contributed by atoms with E-state index in [0.29, 0.717) is 0 Å². The summed E-state index contributed by atoms with van der Waals surface area (Å²) in [7, 11) is 0. The Bertz CT molecular complexity index is 373. The van der Waals surface area contributed by atoms with Gasteiger partial charge in [0, 0.05) is 12.1 Å². The van der Waals surface area contributed by atoms with Crippen molar-refractivity contribution in [3.8, 4) is 0 Å². The second kappa shape index (κ2) is 6.77. The second-order valence-corrected chi connectivity index (χ2v) is 5.01. The van der Waals surface area contributed by atoms with E-state index in [2.05, 4.69) is 11.9 Å². The maximum absolute atomic E-state index is 12.0. The van der Waals surface area contributed by atoms with Crippen LogP contribution in [0.3, 0.4) is 0 Å². The number of nitrogens with zero attached hydrogens (tertiary/aromatic N) is 1. The summed E-state index contributed by atoms with van der Waals surface area (Å²) in [6, 6.07) is -2.10. The molecule has 0 saturated carbocycles. The van der Waals surface area contributed by atoms with Gasteiger partial charge in [0.2, 0.25) is 0 Å². The molecule has 7 heteroatoms. The smallest absolute Gasteiger partial charge is 0.326 e. The third kappa shape index (κ3) is 5.89. The van der Waals surface area contributed by atoms with E-state index in [0.717, 1.165) is 0 Å². The fourth-order valence-corrected chi connectivity index (χ4v) is 1.39. The van der Waals surface area contributed by atoms with E-state index in [1.807, 2.05) is 0 Å². The minimum Gasteiger partial charge on any atom is -0.481 e. The number of carbonyl (C=O) groups excluding carboxylic acids is 1. The molecule has 0 spiro atoms. The van der Waals surface area contributed by atoms with Gasteiger partial charge in [-0.15, -0.1) is 6.58 Å². The summed E-state index contributed by atoms with van der Waals surface area (Å²) in [5.74, 6) is -2.68. The molecule has 0 aliphatic heterocycles. The summed E-state index contributed by atoms with van der Waals surface area (Å²) in [6.07, 6.45) is 0.838. The molecule has 0 radical (unpaired) electrons. The van der Waals surface area contributed by atoms with Crippen LogP contribution in [0, 0.1) is 0 Å². The number of aliphatic carboxylic acids is 2. The summed E-state index contributed by atoms with van der Waals surface area (Å²) in [5.41, 5.74) is -0.537. The van der Waals surface area contributed by atoms with Gasteiger partial charge in [-0.1, -0.05) is 6.08 Å². The molecule has 0 aromatic heterocycles. The molecule has 0 aromatic rings. The Morgan fingerprint density at radius 2 is 1.84 bits per heavy atom. The van der Waals surface area contributed by atoms with Crippen molar-refractivity contribution in [2.24, 2.45) is 0 Å². The molecule has 0 saturated heterocycles. The molecule has 0 unspecified atom stereocenters. The van der Waals surface area contributed by atoms with Gasteiger partial charge in [-0.3, -0.25) is 4.79 Å². The standard InChI is InChI=1S/C12H20N2O5/c1-5-6-14(12(2,3)4)11(19)13-8(10(17)18)7-9(15)16/h5,8H,1,6-7H2,2-4H3,(H,13,19)(H,15,16)(H,17,18)/t8-/m0/s1. The molecule has 2 amide bonds. The Balaban J connectivity index is 4.90. The summed E-state index contributed by atoms with van der Waals surface area (Å²) >= 11 is 0. The maximum atomic E-state index is 12.0. The van der Waals surface area contributed by atoms with Crippen LogP contribution in [0.1, 0.15) is 27.2 Å². The van der Waals surface area contributed by atoms with Gasteiger partial charge in [0.25, 0.3) is 0 Å². The highest BCUT2D eigenvalue weighted by Crippen LogP contribution is 2.13. The fraction of sp³-hybridized carbons (Fsp3) is 0.583. The number of urea groups is 1. The number of carboxylic acids is 2. The number of hydrogen-bond acceptors (Lipinski definition) is 3. The van der Waals surface area contributed by atoms with Crippen LogP contribution in [0.15, 0.2) is 12.7 Å². The van der Waals surface area contributed by atoms with E-state index in [1.54, 1.807) is 20.8 Å². The molecule has 0 rings (SSSR count). The quantitative estimate of drug-likeness (QED) is 0.623. The van der Waals surface area contributed by atoms with Gasteiger partial charge in [0.05, 0.1) is 6.42 Å². The molecule has 108 valence electrons. The molecule has 0 aliphatic carbocycles. The van der Waals surface area contributed by atoms with E-state index < -0.39 is 36.0 Å². The number of rotatable bonds is 6. The summed E-state index contributed by atoms with van der Waals surface area (Å²) in [6.45, 7) is 9.10. The highest BCUT2D eigenvalue weighted by molar-refractivity contribution is 5.86. The molecule has 7 nitrogen and oxygen atoms in total. The predicted octanol–water partition coefficient (Wildman–Crippen LogP) is 0.910. The first-order chi connectivity index (χ1) is 8.59. The van der Waals surface area contributed by atoms with Crippen LogP contribution >= 0.6 is 0 Å². The Labute approximate surface area is 111 Å². The van der Waals surface area contributed by atoms with Crippen molar-refractivity contribution in [2.75, 3.05) is 6.54 Å². The molecule has 0 aromatic carbocycles. The summed E-state index contributed by atoms with van der Waals surface area (Å²) in [4.78, 5) is 34.8. The van der Waals surface area contributed by atoms with E-state index in [4.69, 9.17) is 10.2 Å². The zero-order valence-corrected chi connectivity index (χ0v) is 11.3. The number of hydrogen-bond donors (Lipinski definition) is 3. The number of carboxylic acid groups (broad SMARTS) is 2. The Kier molecular flexibility index (Phi) is 6.04. The monoisotopic (exact) mass is 272 g/mol. The lowest BCUT2D eigenvalue weighted by atomic mass is 10.1. The van der Waals surface area contributed by atoms with E-state index >= 15 is 0 Å². The molecule has 0 aliphatic rings. The summed E-state index contributed by atoms with van der Waals surface area (Å²) in [5, 5.41) is 19.7. The number of carbonyl (C=O) groups is 3. The fourth-order valence-electron chi connectivity index (χ4n) is 1.39. The van der Waals surface area contributed by atoms with Crippen molar-refractivity contribution < 1.29 is 24.6 Å². The lowest BCUT2D eigenvalue weighted by molar-refractivity contribution is -0.145. The van der Waals surface area contributed by atoms with Gasteiger partial charge < -0.3 is 20.4 Å². The van der Waals surface area contributed by atoms with Gasteiger partial charge in [0.15, 0.2) is 0 Å². The molecular weight excluding hydrogens is 252 g/mol. The van der Waals surface area contributed by atoms with E-state index in [9.17, 15) is 14.4 Å². The minimum absolute atomic E-state index is 0.231. The van der Waals surface area contributed by atoms with Gasteiger partial charge in [-0.05, 0) is 20.8 Å². The van der Waals surface area contributed by atoms with Crippen molar-refractivity contribution >= 4 is 18.0 Å². The third-order valence-corrected chi connectivity index (χ3v) is 2.34. The van der Waals surface area contributed by atoms with Crippen LogP contribution in [-0.4, -0.2) is 51.2 Å². The van der Waals surface area contributed by atoms with Crippen molar-refractivity contribution in [3.05, 3.63) is 12.7 Å². The number of nitrogens with one attached hydrogen (secondary N) is 1. The highest BCUT2D eigenvalue weighted by atomic mass is 16.4. The van der Waals surface area contributed by atoms with Crippen LogP contribution in [0.2, 0.25) is 0 Å². The van der Waals surface area contributed by atoms with Crippen LogP contribution in [-0.2, 0) is 9.59 Å². The Hall–Kier alpha value is -2.05.